The fourth-order valence-electron chi connectivity index (χ4n) is 2.58. The highest BCUT2D eigenvalue weighted by molar-refractivity contribution is 5.92. The van der Waals surface area contributed by atoms with E-state index in [1.54, 1.807) is 33.8 Å². The number of aliphatic carboxylic acids is 1. The van der Waals surface area contributed by atoms with Gasteiger partial charge in [0.25, 0.3) is 0 Å². The second-order valence-electron chi connectivity index (χ2n) is 6.63. The minimum absolute atomic E-state index is 0.0216. The maximum Gasteiger partial charge on any atom is 0.337 e. The number of carboxylic acid groups (broad SMARTS) is 1. The molecule has 0 spiro atoms. The number of ether oxygens (including phenoxy) is 1. The Labute approximate surface area is 130 Å². The number of phenols is 1. The van der Waals surface area contributed by atoms with Crippen LogP contribution in [0.25, 0.3) is 10.8 Å². The standard InChI is InChI=1S/C18H22O4/c1-10-6-7-13-12(8-10)9-11(2)14(15(13)19)16(17(20)21)22-18(3,4)5/h6-9,16,19H,1-5H3,(H,20,21). The lowest BCUT2D eigenvalue weighted by Crippen LogP contribution is -2.27. The largest absolute Gasteiger partial charge is 0.507 e. The highest BCUT2D eigenvalue weighted by Gasteiger charge is 2.31. The zero-order chi connectivity index (χ0) is 16.7. The van der Waals surface area contributed by atoms with Crippen molar-refractivity contribution in [1.82, 2.24) is 0 Å². The Kier molecular flexibility index (Phi) is 4.16. The number of aromatic hydroxyl groups is 1. The summed E-state index contributed by atoms with van der Waals surface area (Å²) in [6.07, 6.45) is -1.20. The Hall–Kier alpha value is -2.07. The van der Waals surface area contributed by atoms with Crippen molar-refractivity contribution >= 4 is 16.7 Å². The third-order valence-corrected chi connectivity index (χ3v) is 3.47. The average Bonchev–Trinajstić information content (AvgIpc) is 2.35. The van der Waals surface area contributed by atoms with Crippen molar-refractivity contribution in [3.63, 3.8) is 0 Å². The first-order valence-electron chi connectivity index (χ1n) is 7.23. The summed E-state index contributed by atoms with van der Waals surface area (Å²) in [6.45, 7) is 9.14. The van der Waals surface area contributed by atoms with Gasteiger partial charge in [-0.1, -0.05) is 29.8 Å². The fourth-order valence-corrected chi connectivity index (χ4v) is 2.58. The van der Waals surface area contributed by atoms with Crippen LogP contribution in [0.4, 0.5) is 0 Å². The quantitative estimate of drug-likeness (QED) is 0.895. The van der Waals surface area contributed by atoms with Gasteiger partial charge in [0, 0.05) is 10.9 Å². The molecule has 0 saturated heterocycles. The monoisotopic (exact) mass is 302 g/mol. The molecule has 118 valence electrons. The minimum atomic E-state index is -1.20. The molecule has 2 aromatic rings. The van der Waals surface area contributed by atoms with E-state index in [0.29, 0.717) is 16.5 Å². The van der Waals surface area contributed by atoms with Crippen LogP contribution in [0.3, 0.4) is 0 Å². The number of rotatable bonds is 3. The van der Waals surface area contributed by atoms with Crippen molar-refractivity contribution < 1.29 is 19.7 Å². The number of carbonyl (C=O) groups is 1. The van der Waals surface area contributed by atoms with E-state index in [-0.39, 0.29) is 5.75 Å². The summed E-state index contributed by atoms with van der Waals surface area (Å²) in [5, 5.41) is 21.6. The highest BCUT2D eigenvalue weighted by atomic mass is 16.5. The van der Waals surface area contributed by atoms with Gasteiger partial charge >= 0.3 is 5.97 Å². The van der Waals surface area contributed by atoms with Gasteiger partial charge in [-0.3, -0.25) is 0 Å². The van der Waals surface area contributed by atoms with Gasteiger partial charge in [-0.15, -0.1) is 0 Å². The molecule has 0 amide bonds. The summed E-state index contributed by atoms with van der Waals surface area (Å²) < 4.78 is 5.66. The molecule has 0 saturated carbocycles. The van der Waals surface area contributed by atoms with E-state index >= 15 is 0 Å². The molecule has 1 atom stereocenters. The molecule has 0 heterocycles. The molecule has 4 heteroatoms. The third-order valence-electron chi connectivity index (χ3n) is 3.47. The smallest absolute Gasteiger partial charge is 0.337 e. The predicted octanol–water partition coefficient (Wildman–Crippen LogP) is 4.10. The van der Waals surface area contributed by atoms with Crippen LogP contribution in [0.2, 0.25) is 0 Å². The maximum absolute atomic E-state index is 11.6. The fraction of sp³-hybridized carbons (Fsp3) is 0.389. The Morgan fingerprint density at radius 2 is 1.82 bits per heavy atom. The number of hydrogen-bond acceptors (Lipinski definition) is 3. The van der Waals surface area contributed by atoms with Gasteiger partial charge in [0.1, 0.15) is 5.75 Å². The van der Waals surface area contributed by atoms with Crippen molar-refractivity contribution in [2.75, 3.05) is 0 Å². The van der Waals surface area contributed by atoms with E-state index in [2.05, 4.69) is 0 Å². The first-order valence-corrected chi connectivity index (χ1v) is 7.23. The van der Waals surface area contributed by atoms with E-state index in [4.69, 9.17) is 4.74 Å². The second kappa shape index (κ2) is 5.61. The van der Waals surface area contributed by atoms with E-state index in [0.717, 1.165) is 10.9 Å². The first kappa shape index (κ1) is 16.3. The maximum atomic E-state index is 11.6. The summed E-state index contributed by atoms with van der Waals surface area (Å²) in [4.78, 5) is 11.6. The zero-order valence-corrected chi connectivity index (χ0v) is 13.6. The van der Waals surface area contributed by atoms with Crippen LogP contribution < -0.4 is 0 Å². The number of carboxylic acids is 1. The van der Waals surface area contributed by atoms with Crippen molar-refractivity contribution in [3.05, 3.63) is 41.0 Å². The van der Waals surface area contributed by atoms with Gasteiger partial charge in [0.2, 0.25) is 0 Å². The minimum Gasteiger partial charge on any atom is -0.507 e. The molecule has 4 nitrogen and oxygen atoms in total. The SMILES string of the molecule is Cc1ccc2c(O)c(C(OC(C)(C)C)C(=O)O)c(C)cc2c1. The zero-order valence-electron chi connectivity index (χ0n) is 13.6. The van der Waals surface area contributed by atoms with Crippen molar-refractivity contribution in [3.8, 4) is 5.75 Å². The van der Waals surface area contributed by atoms with Crippen LogP contribution >= 0.6 is 0 Å². The number of hydrogen-bond donors (Lipinski definition) is 2. The van der Waals surface area contributed by atoms with Crippen LogP contribution in [-0.2, 0) is 9.53 Å². The van der Waals surface area contributed by atoms with E-state index in [1.165, 1.54) is 0 Å². The number of fused-ring (bicyclic) bond motifs is 1. The van der Waals surface area contributed by atoms with E-state index < -0.39 is 17.7 Å². The molecular formula is C18H22O4. The van der Waals surface area contributed by atoms with Crippen LogP contribution in [-0.4, -0.2) is 21.8 Å². The van der Waals surface area contributed by atoms with Crippen LogP contribution in [0.5, 0.6) is 5.75 Å². The number of aryl methyl sites for hydroxylation is 2. The molecule has 22 heavy (non-hydrogen) atoms. The van der Waals surface area contributed by atoms with Gasteiger partial charge in [0.15, 0.2) is 6.10 Å². The predicted molar refractivity (Wildman–Crippen MR) is 86.3 cm³/mol. The molecule has 2 aromatic carbocycles. The summed E-state index contributed by atoms with van der Waals surface area (Å²) >= 11 is 0. The van der Waals surface area contributed by atoms with Crippen molar-refractivity contribution in [2.45, 2.75) is 46.3 Å². The van der Waals surface area contributed by atoms with Crippen molar-refractivity contribution in [1.29, 1.82) is 0 Å². The topological polar surface area (TPSA) is 66.8 Å². The molecule has 0 radical (unpaired) electrons. The summed E-state index contributed by atoms with van der Waals surface area (Å²) in [7, 11) is 0. The molecular weight excluding hydrogens is 280 g/mol. The van der Waals surface area contributed by atoms with Gasteiger partial charge in [-0.25, -0.2) is 4.79 Å². The molecule has 2 rings (SSSR count). The molecule has 0 aliphatic carbocycles. The van der Waals surface area contributed by atoms with Crippen molar-refractivity contribution in [2.24, 2.45) is 0 Å². The van der Waals surface area contributed by atoms with Crippen LogP contribution in [0, 0.1) is 13.8 Å². The molecule has 1 unspecified atom stereocenters. The molecule has 0 aliphatic rings. The van der Waals surface area contributed by atoms with Gasteiger partial charge in [-0.05, 0) is 45.6 Å². The molecule has 2 N–H and O–H groups in total. The average molecular weight is 302 g/mol. The first-order chi connectivity index (χ1) is 10.1. The second-order valence-corrected chi connectivity index (χ2v) is 6.63. The normalized spacial score (nSPS) is 13.3. The number of phenolic OH excluding ortho intramolecular Hbond substituents is 1. The molecule has 0 fully saturated rings. The Bertz CT molecular complexity index is 726. The van der Waals surface area contributed by atoms with Gasteiger partial charge < -0.3 is 14.9 Å². The lowest BCUT2D eigenvalue weighted by atomic mass is 9.95. The Morgan fingerprint density at radius 3 is 2.36 bits per heavy atom. The molecule has 0 aliphatic heterocycles. The lowest BCUT2D eigenvalue weighted by molar-refractivity contribution is -0.160. The van der Waals surface area contributed by atoms with Crippen LogP contribution in [0.15, 0.2) is 24.3 Å². The summed E-state index contributed by atoms with van der Waals surface area (Å²) in [5.41, 5.74) is 1.47. The van der Waals surface area contributed by atoms with E-state index in [9.17, 15) is 15.0 Å². The van der Waals surface area contributed by atoms with Gasteiger partial charge in [-0.2, -0.15) is 0 Å². The van der Waals surface area contributed by atoms with Gasteiger partial charge in [0.05, 0.1) is 5.60 Å². The van der Waals surface area contributed by atoms with Crippen LogP contribution in [0.1, 0.15) is 43.6 Å². The summed E-state index contributed by atoms with van der Waals surface area (Å²) in [6, 6.07) is 7.55. The Morgan fingerprint density at radius 1 is 1.18 bits per heavy atom. The number of benzene rings is 2. The molecule has 0 aromatic heterocycles. The Balaban J connectivity index is 2.67. The molecule has 0 bridgehead atoms. The highest BCUT2D eigenvalue weighted by Crippen LogP contribution is 2.38. The third kappa shape index (κ3) is 3.22. The van der Waals surface area contributed by atoms with E-state index in [1.807, 2.05) is 25.1 Å². The summed E-state index contributed by atoms with van der Waals surface area (Å²) in [5.74, 6) is -1.13. The lowest BCUT2D eigenvalue weighted by Gasteiger charge is -2.27.